The molecule has 0 unspecified atom stereocenters. The zero-order chi connectivity index (χ0) is 30.8. The number of hydrogen-bond donors (Lipinski definition) is 0. The molecule has 0 aromatic heterocycles. The third kappa shape index (κ3) is 7.74. The van der Waals surface area contributed by atoms with Crippen molar-refractivity contribution >= 4 is 74.9 Å². The van der Waals surface area contributed by atoms with Gasteiger partial charge in [0.2, 0.25) is 17.3 Å². The topological polar surface area (TPSA) is 68.3 Å². The van der Waals surface area contributed by atoms with Gasteiger partial charge in [-0.05, 0) is 77.1 Å². The highest BCUT2D eigenvalue weighted by Crippen LogP contribution is 2.43. The first-order valence-corrected chi connectivity index (χ1v) is 15.9. The van der Waals surface area contributed by atoms with Crippen LogP contribution in [0.5, 0.6) is 0 Å². The van der Waals surface area contributed by atoms with Gasteiger partial charge >= 0.3 is 0 Å². The first kappa shape index (κ1) is 31.6. The zero-order valence-corrected chi connectivity index (χ0v) is 25.6. The van der Waals surface area contributed by atoms with Crippen LogP contribution in [0.2, 0.25) is 10.0 Å². The molecule has 0 aliphatic carbocycles. The van der Waals surface area contributed by atoms with Crippen molar-refractivity contribution in [1.29, 1.82) is 0 Å². The van der Waals surface area contributed by atoms with Gasteiger partial charge in [-0.1, -0.05) is 114 Å². The Hall–Kier alpha value is -4.34. The molecule has 0 fully saturated rings. The number of benzene rings is 5. The van der Waals surface area contributed by atoms with Gasteiger partial charge in [0.05, 0.1) is 0 Å². The average Bonchev–Trinajstić information content (AvgIpc) is 3.05. The molecule has 43 heavy (non-hydrogen) atoms. The van der Waals surface area contributed by atoms with E-state index in [1.165, 1.54) is 19.1 Å². The molecular weight excluding hydrogens is 598 g/mol. The Morgan fingerprint density at radius 1 is 0.488 bits per heavy atom. The predicted molar refractivity (Wildman–Crippen MR) is 178 cm³/mol. The number of hydrogen-bond acceptors (Lipinski definition) is 4. The molecule has 0 saturated heterocycles. The fraction of sp³-hybridized carbons (Fsp3) is 0.0278. The maximum absolute atomic E-state index is 13.4. The Labute approximate surface area is 260 Å². The fourth-order valence-electron chi connectivity index (χ4n) is 4.44. The van der Waals surface area contributed by atoms with E-state index in [1.54, 1.807) is 42.2 Å². The number of rotatable bonds is 8. The summed E-state index contributed by atoms with van der Waals surface area (Å²) in [7, 11) is 0. The number of Topliss-reactive ketones (excluding diaryl/α,β-unsaturated/α-hetero) is 4. The molecule has 0 saturated carbocycles. The van der Waals surface area contributed by atoms with Gasteiger partial charge in [-0.25, -0.2) is 0 Å². The summed E-state index contributed by atoms with van der Waals surface area (Å²) in [6.45, 7) is -1.27. The fourth-order valence-corrected chi connectivity index (χ4v) is 8.43. The zero-order valence-electron chi connectivity index (χ0n) is 23.2. The maximum atomic E-state index is 13.4. The smallest absolute Gasteiger partial charge is 0.232 e. The van der Waals surface area contributed by atoms with Crippen LogP contribution in [0, 0.1) is 0 Å². The van der Waals surface area contributed by atoms with Gasteiger partial charge in [-0.3, -0.25) is 19.2 Å². The van der Waals surface area contributed by atoms with Gasteiger partial charge in [0.1, 0.15) is 0 Å². The van der Waals surface area contributed by atoms with E-state index in [-0.39, 0.29) is 0 Å². The quantitative estimate of drug-likeness (QED) is 0.106. The number of ketones is 4. The summed E-state index contributed by atoms with van der Waals surface area (Å²) >= 11 is 11.5. The standard InChI is InChI=1S/C27H20ClO2P.C9H7ClO2/c28-22-18-16-21(17-19-22)27(30)26(29)20-31(23-10-4-1-5-11-23,24-12-6-2-7-13-24)25-14-8-3-9-15-25;1-6(11)9(12)7-2-4-8(10)5-3-7/h1-20H;2-5H,1H3. The number of carbonyl (C=O) groups is 4. The van der Waals surface area contributed by atoms with E-state index in [4.69, 9.17) is 23.2 Å². The summed E-state index contributed by atoms with van der Waals surface area (Å²) < 4.78 is 0. The van der Waals surface area contributed by atoms with Gasteiger partial charge in [0, 0.05) is 28.1 Å². The molecule has 7 heteroatoms. The van der Waals surface area contributed by atoms with Crippen molar-refractivity contribution in [2.75, 3.05) is 0 Å². The van der Waals surface area contributed by atoms with E-state index < -0.39 is 30.0 Å². The highest BCUT2D eigenvalue weighted by molar-refractivity contribution is 7.95. The minimum Gasteiger partial charge on any atom is -0.291 e. The molecule has 0 amide bonds. The second-order valence-electron chi connectivity index (χ2n) is 9.45. The van der Waals surface area contributed by atoms with Crippen molar-refractivity contribution in [3.63, 3.8) is 0 Å². The molecule has 4 nitrogen and oxygen atoms in total. The summed E-state index contributed by atoms with van der Waals surface area (Å²) in [5.41, 5.74) is 0.713. The SMILES string of the molecule is CC(=O)C(=O)c1ccc(Cl)cc1.O=C(C=P(c1ccccc1)(c1ccccc1)c1ccccc1)C(=O)c1ccc(Cl)cc1. The Bertz CT molecular complexity index is 1680. The lowest BCUT2D eigenvalue weighted by molar-refractivity contribution is -0.113. The molecule has 0 aliphatic heterocycles. The summed E-state index contributed by atoms with van der Waals surface area (Å²) in [6.07, 6.45) is 0. The van der Waals surface area contributed by atoms with E-state index in [2.05, 4.69) is 0 Å². The van der Waals surface area contributed by atoms with E-state index in [0.29, 0.717) is 21.2 Å². The molecule has 0 atom stereocenters. The third-order valence-electron chi connectivity index (χ3n) is 6.56. The molecule has 5 aromatic carbocycles. The van der Waals surface area contributed by atoms with Crippen molar-refractivity contribution in [2.45, 2.75) is 6.92 Å². The minimum absolute atomic E-state index is 0.331. The van der Waals surface area contributed by atoms with Gasteiger partial charge in [-0.15, -0.1) is 0 Å². The predicted octanol–water partition coefficient (Wildman–Crippen LogP) is 7.00. The van der Waals surface area contributed by atoms with Crippen molar-refractivity contribution < 1.29 is 19.2 Å². The molecule has 0 heterocycles. The van der Waals surface area contributed by atoms with Crippen LogP contribution in [0.3, 0.4) is 0 Å². The second kappa shape index (κ2) is 14.7. The lowest BCUT2D eigenvalue weighted by Gasteiger charge is -2.28. The van der Waals surface area contributed by atoms with Crippen LogP contribution in [0.4, 0.5) is 0 Å². The average molecular weight is 625 g/mol. The van der Waals surface area contributed by atoms with Crippen LogP contribution in [0.25, 0.3) is 0 Å². The number of halogens is 2. The summed E-state index contributed by atoms with van der Waals surface area (Å²) in [5, 5.41) is 4.13. The first-order valence-electron chi connectivity index (χ1n) is 13.3. The van der Waals surface area contributed by atoms with Crippen LogP contribution in [0.15, 0.2) is 140 Å². The van der Waals surface area contributed by atoms with Crippen LogP contribution < -0.4 is 15.9 Å². The van der Waals surface area contributed by atoms with Crippen molar-refractivity contribution in [3.8, 4) is 0 Å². The Balaban J connectivity index is 0.000000296. The third-order valence-corrected chi connectivity index (χ3v) is 11.0. The van der Waals surface area contributed by atoms with Gasteiger partial charge in [0.15, 0.2) is 5.78 Å². The molecular formula is C36H27Cl2O4P. The molecule has 0 N–H and O–H groups in total. The first-order chi connectivity index (χ1) is 20.7. The van der Waals surface area contributed by atoms with Crippen LogP contribution >= 0.6 is 30.1 Å². The highest BCUT2D eigenvalue weighted by atomic mass is 35.5. The summed E-state index contributed by atoms with van der Waals surface area (Å²) in [4.78, 5) is 48.1. The van der Waals surface area contributed by atoms with Crippen LogP contribution in [-0.2, 0) is 9.59 Å². The highest BCUT2D eigenvalue weighted by Gasteiger charge is 2.28. The Morgan fingerprint density at radius 2 is 0.814 bits per heavy atom. The normalized spacial score (nSPS) is 10.6. The molecule has 0 aliphatic rings. The molecule has 5 rings (SSSR count). The van der Waals surface area contributed by atoms with Crippen molar-refractivity contribution in [3.05, 3.63) is 161 Å². The lowest BCUT2D eigenvalue weighted by Crippen LogP contribution is -2.30. The van der Waals surface area contributed by atoms with Crippen molar-refractivity contribution in [1.82, 2.24) is 0 Å². The van der Waals surface area contributed by atoms with E-state index in [9.17, 15) is 19.2 Å². The van der Waals surface area contributed by atoms with E-state index >= 15 is 0 Å². The Kier molecular flexibility index (Phi) is 10.8. The van der Waals surface area contributed by atoms with Crippen LogP contribution in [-0.4, -0.2) is 28.9 Å². The van der Waals surface area contributed by atoms with Crippen LogP contribution in [0.1, 0.15) is 27.6 Å². The lowest BCUT2D eigenvalue weighted by atomic mass is 10.1. The summed E-state index contributed by atoms with van der Waals surface area (Å²) in [6, 6.07) is 42.5. The largest absolute Gasteiger partial charge is 0.291 e. The molecule has 0 spiro atoms. The van der Waals surface area contributed by atoms with Gasteiger partial charge in [0.25, 0.3) is 0 Å². The summed E-state index contributed by atoms with van der Waals surface area (Å²) in [5.74, 6) is -0.343. The van der Waals surface area contributed by atoms with E-state index in [0.717, 1.165) is 15.9 Å². The Morgan fingerprint density at radius 3 is 1.14 bits per heavy atom. The van der Waals surface area contributed by atoms with Gasteiger partial charge < -0.3 is 0 Å². The maximum Gasteiger partial charge on any atom is 0.232 e. The van der Waals surface area contributed by atoms with E-state index in [1.807, 2.05) is 91.0 Å². The van der Waals surface area contributed by atoms with Crippen molar-refractivity contribution in [2.24, 2.45) is 0 Å². The molecule has 5 aromatic rings. The second-order valence-corrected chi connectivity index (χ2v) is 13.6. The minimum atomic E-state index is -2.51. The molecule has 0 radical (unpaired) electrons. The van der Waals surface area contributed by atoms with Gasteiger partial charge in [-0.2, -0.15) is 0 Å². The molecule has 214 valence electrons. The molecule has 0 bridgehead atoms. The monoisotopic (exact) mass is 624 g/mol. The number of carbonyl (C=O) groups excluding carboxylic acids is 4.